The third-order valence-corrected chi connectivity index (χ3v) is 5.57. The molecule has 1 aromatic carbocycles. The Morgan fingerprint density at radius 2 is 1.96 bits per heavy atom. The molecule has 2 N–H and O–H groups in total. The zero-order valence-electron chi connectivity index (χ0n) is 15.7. The molecule has 1 aromatic heterocycles. The number of carbonyl (C=O) groups is 3. The minimum Gasteiger partial charge on any atom is -0.478 e. The lowest BCUT2D eigenvalue weighted by Crippen LogP contribution is -2.37. The topological polar surface area (TPSA) is 90.0 Å². The zero-order valence-corrected chi connectivity index (χ0v) is 16.5. The minimum absolute atomic E-state index is 0.00231. The van der Waals surface area contributed by atoms with Crippen LogP contribution in [0.4, 0.5) is 11.4 Å². The van der Waals surface area contributed by atoms with E-state index in [1.165, 1.54) is 17.4 Å². The molecule has 1 fully saturated rings. The number of thiophene rings is 1. The summed E-state index contributed by atoms with van der Waals surface area (Å²) in [6, 6.07) is 8.49. The number of carboxylic acid groups (broad SMARTS) is 1. The Labute approximate surface area is 167 Å². The van der Waals surface area contributed by atoms with Gasteiger partial charge in [0.25, 0.3) is 0 Å². The molecule has 2 amide bonds. The number of likely N-dealkylation sites (tertiary alicyclic amines) is 1. The molecule has 0 aliphatic carbocycles. The van der Waals surface area contributed by atoms with E-state index >= 15 is 0 Å². The van der Waals surface area contributed by atoms with E-state index in [1.807, 2.05) is 22.4 Å². The second-order valence-electron chi connectivity index (χ2n) is 6.78. The van der Waals surface area contributed by atoms with Crippen molar-refractivity contribution in [2.75, 3.05) is 36.9 Å². The summed E-state index contributed by atoms with van der Waals surface area (Å²) < 4.78 is 0. The van der Waals surface area contributed by atoms with E-state index < -0.39 is 5.97 Å². The highest BCUT2D eigenvalue weighted by molar-refractivity contribution is 7.10. The number of hydrogen-bond acceptors (Lipinski definition) is 5. The summed E-state index contributed by atoms with van der Waals surface area (Å²) in [6.07, 6.45) is 2.25. The van der Waals surface area contributed by atoms with Gasteiger partial charge in [0.05, 0.1) is 24.2 Å². The number of nitrogens with zero attached hydrogens (tertiary/aromatic N) is 2. The van der Waals surface area contributed by atoms with E-state index in [0.717, 1.165) is 30.8 Å². The Morgan fingerprint density at radius 3 is 2.61 bits per heavy atom. The number of benzene rings is 1. The first kappa shape index (κ1) is 19.9. The van der Waals surface area contributed by atoms with Gasteiger partial charge in [0, 0.05) is 30.7 Å². The van der Waals surface area contributed by atoms with E-state index in [-0.39, 0.29) is 36.0 Å². The molecule has 0 bridgehead atoms. The summed E-state index contributed by atoms with van der Waals surface area (Å²) in [7, 11) is 1.75. The highest BCUT2D eigenvalue weighted by Crippen LogP contribution is 2.24. The summed E-state index contributed by atoms with van der Waals surface area (Å²) in [5.41, 5.74) is 0.857. The lowest BCUT2D eigenvalue weighted by molar-refractivity contribution is -0.128. The van der Waals surface area contributed by atoms with Crippen LogP contribution in [0.15, 0.2) is 35.7 Å². The summed E-state index contributed by atoms with van der Waals surface area (Å²) >= 11 is 1.47. The molecule has 0 saturated carbocycles. The predicted molar refractivity (Wildman–Crippen MR) is 109 cm³/mol. The SMILES string of the molecule is CN(CC(=O)N1CCCC1)c1ccc(NC(=O)Cc2cccs2)c(C(=O)O)c1. The van der Waals surface area contributed by atoms with Crippen LogP contribution >= 0.6 is 11.3 Å². The molecule has 2 aromatic rings. The molecular formula is C20H23N3O4S. The number of aromatic carboxylic acids is 1. The van der Waals surface area contributed by atoms with Crippen molar-refractivity contribution in [1.82, 2.24) is 4.90 Å². The van der Waals surface area contributed by atoms with E-state index in [9.17, 15) is 19.5 Å². The molecule has 148 valence electrons. The first-order valence-corrected chi connectivity index (χ1v) is 10.0. The number of likely N-dealkylation sites (N-methyl/N-ethyl adjacent to an activating group) is 1. The van der Waals surface area contributed by atoms with Crippen molar-refractivity contribution in [3.8, 4) is 0 Å². The smallest absolute Gasteiger partial charge is 0.337 e. The van der Waals surface area contributed by atoms with Gasteiger partial charge in [0.1, 0.15) is 0 Å². The van der Waals surface area contributed by atoms with E-state index in [0.29, 0.717) is 5.69 Å². The van der Waals surface area contributed by atoms with Gasteiger partial charge in [-0.2, -0.15) is 0 Å². The maximum atomic E-state index is 12.3. The van der Waals surface area contributed by atoms with Crippen LogP contribution in [-0.2, 0) is 16.0 Å². The second-order valence-corrected chi connectivity index (χ2v) is 7.82. The molecule has 0 radical (unpaired) electrons. The van der Waals surface area contributed by atoms with Gasteiger partial charge in [-0.15, -0.1) is 11.3 Å². The number of hydrogen-bond donors (Lipinski definition) is 2. The molecule has 1 aliphatic rings. The van der Waals surface area contributed by atoms with Crippen LogP contribution in [0.3, 0.4) is 0 Å². The van der Waals surface area contributed by atoms with Gasteiger partial charge in [0.15, 0.2) is 0 Å². The quantitative estimate of drug-likeness (QED) is 0.745. The maximum absolute atomic E-state index is 12.3. The fraction of sp³-hybridized carbons (Fsp3) is 0.350. The molecule has 1 aliphatic heterocycles. The van der Waals surface area contributed by atoms with Gasteiger partial charge in [0.2, 0.25) is 11.8 Å². The molecule has 7 nitrogen and oxygen atoms in total. The van der Waals surface area contributed by atoms with Crippen molar-refractivity contribution < 1.29 is 19.5 Å². The van der Waals surface area contributed by atoms with Gasteiger partial charge in [-0.3, -0.25) is 9.59 Å². The number of anilines is 2. The number of rotatable bonds is 7. The average Bonchev–Trinajstić information content (AvgIpc) is 3.35. The summed E-state index contributed by atoms with van der Waals surface area (Å²) in [6.45, 7) is 1.74. The Bertz CT molecular complexity index is 860. The van der Waals surface area contributed by atoms with Crippen molar-refractivity contribution in [3.05, 3.63) is 46.2 Å². The van der Waals surface area contributed by atoms with Crippen LogP contribution in [0.5, 0.6) is 0 Å². The highest BCUT2D eigenvalue weighted by atomic mass is 32.1. The molecule has 28 heavy (non-hydrogen) atoms. The third kappa shape index (κ3) is 4.89. The minimum atomic E-state index is -1.13. The van der Waals surface area contributed by atoms with Gasteiger partial charge in [-0.05, 0) is 42.5 Å². The Morgan fingerprint density at radius 1 is 1.21 bits per heavy atom. The summed E-state index contributed by atoms with van der Waals surface area (Å²) in [5, 5.41) is 14.1. The van der Waals surface area contributed by atoms with Gasteiger partial charge in [-0.1, -0.05) is 6.07 Å². The van der Waals surface area contributed by atoms with E-state index in [4.69, 9.17) is 0 Å². The number of carboxylic acids is 1. The Balaban J connectivity index is 1.70. The fourth-order valence-corrected chi connectivity index (χ4v) is 3.89. The lowest BCUT2D eigenvalue weighted by atomic mass is 10.1. The molecule has 2 heterocycles. The van der Waals surface area contributed by atoms with Crippen LogP contribution in [-0.4, -0.2) is 54.5 Å². The van der Waals surface area contributed by atoms with Gasteiger partial charge in [-0.25, -0.2) is 4.79 Å². The van der Waals surface area contributed by atoms with Crippen LogP contribution in [0, 0.1) is 0 Å². The normalized spacial score (nSPS) is 13.4. The zero-order chi connectivity index (χ0) is 20.1. The van der Waals surface area contributed by atoms with Crippen LogP contribution in [0.1, 0.15) is 28.1 Å². The molecule has 8 heteroatoms. The van der Waals surface area contributed by atoms with Crippen molar-refractivity contribution in [1.29, 1.82) is 0 Å². The molecule has 1 saturated heterocycles. The summed E-state index contributed by atoms with van der Waals surface area (Å²) in [4.78, 5) is 40.7. The number of carbonyl (C=O) groups excluding carboxylic acids is 2. The van der Waals surface area contributed by atoms with Gasteiger partial charge >= 0.3 is 5.97 Å². The van der Waals surface area contributed by atoms with Crippen molar-refractivity contribution >= 4 is 40.5 Å². The van der Waals surface area contributed by atoms with E-state index in [2.05, 4.69) is 5.32 Å². The molecule has 0 spiro atoms. The summed E-state index contributed by atoms with van der Waals surface area (Å²) in [5.74, 6) is -1.37. The predicted octanol–water partition coefficient (Wildman–Crippen LogP) is 2.69. The monoisotopic (exact) mass is 401 g/mol. The van der Waals surface area contributed by atoms with Crippen LogP contribution in [0.25, 0.3) is 0 Å². The Hall–Kier alpha value is -2.87. The van der Waals surface area contributed by atoms with Crippen molar-refractivity contribution in [2.45, 2.75) is 19.3 Å². The number of nitrogens with one attached hydrogen (secondary N) is 1. The lowest BCUT2D eigenvalue weighted by Gasteiger charge is -2.23. The van der Waals surface area contributed by atoms with Crippen molar-refractivity contribution in [3.63, 3.8) is 0 Å². The van der Waals surface area contributed by atoms with Crippen molar-refractivity contribution in [2.24, 2.45) is 0 Å². The highest BCUT2D eigenvalue weighted by Gasteiger charge is 2.20. The first-order valence-electron chi connectivity index (χ1n) is 9.12. The fourth-order valence-electron chi connectivity index (χ4n) is 3.18. The maximum Gasteiger partial charge on any atom is 0.337 e. The third-order valence-electron chi connectivity index (χ3n) is 4.69. The van der Waals surface area contributed by atoms with Crippen LogP contribution in [0.2, 0.25) is 0 Å². The molecule has 3 rings (SSSR count). The van der Waals surface area contributed by atoms with Gasteiger partial charge < -0.3 is 20.2 Å². The molecular weight excluding hydrogens is 378 g/mol. The first-order chi connectivity index (χ1) is 13.4. The number of amides is 2. The second kappa shape index (κ2) is 8.88. The van der Waals surface area contributed by atoms with E-state index in [1.54, 1.807) is 24.1 Å². The average molecular weight is 401 g/mol. The van der Waals surface area contributed by atoms with Crippen LogP contribution < -0.4 is 10.2 Å². The largest absolute Gasteiger partial charge is 0.478 e. The standard InChI is InChI=1S/C20H23N3O4S/c1-22(13-19(25)23-8-2-3-9-23)14-6-7-17(16(11-14)20(26)27)21-18(24)12-15-5-4-10-28-15/h4-7,10-11H,2-3,8-9,12-13H2,1H3,(H,21,24)(H,26,27). The Kier molecular flexibility index (Phi) is 6.30. The molecule has 0 atom stereocenters. The molecule has 0 unspecified atom stereocenters.